The van der Waals surface area contributed by atoms with Gasteiger partial charge in [-0.1, -0.05) is 13.3 Å². The molecule has 0 bridgehead atoms. The quantitative estimate of drug-likeness (QED) is 0.763. The zero-order valence-corrected chi connectivity index (χ0v) is 12.8. The van der Waals surface area contributed by atoms with E-state index in [4.69, 9.17) is 0 Å². The molecule has 0 spiro atoms. The number of rotatable bonds is 7. The van der Waals surface area contributed by atoms with Crippen LogP contribution in [-0.2, 0) is 0 Å². The molecular formula is C15H22N6. The largest absolute Gasteiger partial charge is 0.378 e. The second-order valence-corrected chi connectivity index (χ2v) is 5.01. The molecule has 2 N–H and O–H groups in total. The van der Waals surface area contributed by atoms with E-state index in [0.29, 0.717) is 11.8 Å². The molecule has 2 aromatic rings. The van der Waals surface area contributed by atoms with Crippen LogP contribution in [0.25, 0.3) is 0 Å². The van der Waals surface area contributed by atoms with E-state index < -0.39 is 0 Å². The summed E-state index contributed by atoms with van der Waals surface area (Å²) in [5.41, 5.74) is 2.13. The molecule has 0 amide bonds. The zero-order valence-electron chi connectivity index (χ0n) is 12.8. The molecule has 0 radical (unpaired) electrons. The number of benzene rings is 1. The van der Waals surface area contributed by atoms with Gasteiger partial charge in [-0.05, 0) is 30.7 Å². The fourth-order valence-corrected chi connectivity index (χ4v) is 1.81. The standard InChI is InChI=1S/C15H22N6/c1-4-5-10-16-15-19-14(11-17-20-15)18-12-6-8-13(9-7-12)21(2)3/h6-9,11H,4-5,10H2,1-3H3,(H2,16,18,19,20). The fraction of sp³-hybridized carbons (Fsp3) is 0.400. The van der Waals surface area contributed by atoms with Crippen molar-refractivity contribution in [2.75, 3.05) is 36.2 Å². The molecule has 1 heterocycles. The number of anilines is 4. The summed E-state index contributed by atoms with van der Waals surface area (Å²) in [4.78, 5) is 6.45. The molecular weight excluding hydrogens is 264 g/mol. The number of nitrogens with one attached hydrogen (secondary N) is 2. The van der Waals surface area contributed by atoms with E-state index >= 15 is 0 Å². The highest BCUT2D eigenvalue weighted by Crippen LogP contribution is 2.18. The lowest BCUT2D eigenvalue weighted by Crippen LogP contribution is -2.08. The molecule has 1 aromatic heterocycles. The van der Waals surface area contributed by atoms with Gasteiger partial charge >= 0.3 is 0 Å². The Morgan fingerprint density at radius 1 is 1.14 bits per heavy atom. The summed E-state index contributed by atoms with van der Waals surface area (Å²) in [5.74, 6) is 1.24. The Hall–Kier alpha value is -2.37. The van der Waals surface area contributed by atoms with Crippen molar-refractivity contribution in [2.45, 2.75) is 19.8 Å². The molecule has 0 saturated carbocycles. The Bertz CT molecular complexity index is 552. The van der Waals surface area contributed by atoms with Gasteiger partial charge in [0.1, 0.15) is 0 Å². The second kappa shape index (κ2) is 7.42. The maximum Gasteiger partial charge on any atom is 0.244 e. The Morgan fingerprint density at radius 3 is 2.57 bits per heavy atom. The van der Waals surface area contributed by atoms with Crippen molar-refractivity contribution in [3.8, 4) is 0 Å². The first kappa shape index (κ1) is 15.0. The summed E-state index contributed by atoms with van der Waals surface area (Å²) < 4.78 is 0. The first-order chi connectivity index (χ1) is 10.2. The van der Waals surface area contributed by atoms with Gasteiger partial charge in [0, 0.05) is 32.0 Å². The van der Waals surface area contributed by atoms with E-state index in [2.05, 4.69) is 49.8 Å². The van der Waals surface area contributed by atoms with Crippen LogP contribution in [0.15, 0.2) is 30.5 Å². The van der Waals surface area contributed by atoms with Crippen LogP contribution in [0, 0.1) is 0 Å². The molecule has 6 heteroatoms. The van der Waals surface area contributed by atoms with Crippen LogP contribution in [-0.4, -0.2) is 35.8 Å². The smallest absolute Gasteiger partial charge is 0.244 e. The van der Waals surface area contributed by atoms with Crippen LogP contribution in [0.1, 0.15) is 19.8 Å². The van der Waals surface area contributed by atoms with Crippen LogP contribution in [0.3, 0.4) is 0 Å². The van der Waals surface area contributed by atoms with Crippen molar-refractivity contribution in [1.29, 1.82) is 0 Å². The Labute approximate surface area is 125 Å². The molecule has 0 aliphatic rings. The molecule has 0 aliphatic carbocycles. The van der Waals surface area contributed by atoms with Crippen LogP contribution in [0.5, 0.6) is 0 Å². The minimum atomic E-state index is 0.554. The average molecular weight is 286 g/mol. The molecule has 1 aromatic carbocycles. The summed E-state index contributed by atoms with van der Waals surface area (Å²) in [6.45, 7) is 3.01. The highest BCUT2D eigenvalue weighted by molar-refractivity contribution is 5.60. The topological polar surface area (TPSA) is 66.0 Å². The highest BCUT2D eigenvalue weighted by atomic mass is 15.3. The van der Waals surface area contributed by atoms with E-state index in [1.165, 1.54) is 0 Å². The predicted molar refractivity (Wildman–Crippen MR) is 87.3 cm³/mol. The van der Waals surface area contributed by atoms with Crippen molar-refractivity contribution in [1.82, 2.24) is 15.2 Å². The van der Waals surface area contributed by atoms with E-state index in [-0.39, 0.29) is 0 Å². The van der Waals surface area contributed by atoms with Crippen LogP contribution >= 0.6 is 0 Å². The second-order valence-electron chi connectivity index (χ2n) is 5.01. The lowest BCUT2D eigenvalue weighted by Gasteiger charge is -2.13. The van der Waals surface area contributed by atoms with Gasteiger partial charge in [-0.25, -0.2) is 0 Å². The third-order valence-corrected chi connectivity index (χ3v) is 3.03. The van der Waals surface area contributed by atoms with Gasteiger partial charge in [-0.3, -0.25) is 0 Å². The Morgan fingerprint density at radius 2 is 1.90 bits per heavy atom. The normalized spacial score (nSPS) is 10.2. The minimum Gasteiger partial charge on any atom is -0.378 e. The molecule has 2 rings (SSSR count). The summed E-state index contributed by atoms with van der Waals surface area (Å²) in [6, 6.07) is 8.14. The summed E-state index contributed by atoms with van der Waals surface area (Å²) in [7, 11) is 4.04. The SMILES string of the molecule is CCCCNc1nncc(Nc2ccc(N(C)C)cc2)n1. The lowest BCUT2D eigenvalue weighted by molar-refractivity contribution is 0.819. The lowest BCUT2D eigenvalue weighted by atomic mass is 10.2. The average Bonchev–Trinajstić information content (AvgIpc) is 2.48. The maximum absolute atomic E-state index is 4.39. The van der Waals surface area contributed by atoms with Crippen LogP contribution in [0.2, 0.25) is 0 Å². The number of hydrogen-bond acceptors (Lipinski definition) is 6. The molecule has 0 fully saturated rings. The maximum atomic E-state index is 4.39. The van der Waals surface area contributed by atoms with Gasteiger partial charge in [0.05, 0.1) is 6.20 Å². The van der Waals surface area contributed by atoms with Crippen LogP contribution < -0.4 is 15.5 Å². The third kappa shape index (κ3) is 4.59. The first-order valence-corrected chi connectivity index (χ1v) is 7.17. The van der Waals surface area contributed by atoms with Gasteiger partial charge in [0.25, 0.3) is 0 Å². The monoisotopic (exact) mass is 286 g/mol. The number of aromatic nitrogens is 3. The number of hydrogen-bond donors (Lipinski definition) is 2. The highest BCUT2D eigenvalue weighted by Gasteiger charge is 2.01. The number of unbranched alkanes of at least 4 members (excludes halogenated alkanes) is 1. The van der Waals surface area contributed by atoms with E-state index in [1.54, 1.807) is 6.20 Å². The van der Waals surface area contributed by atoms with Gasteiger partial charge in [0.2, 0.25) is 5.95 Å². The van der Waals surface area contributed by atoms with Gasteiger partial charge < -0.3 is 15.5 Å². The Balaban J connectivity index is 2.00. The third-order valence-electron chi connectivity index (χ3n) is 3.03. The van der Waals surface area contributed by atoms with E-state index in [0.717, 1.165) is 30.8 Å². The van der Waals surface area contributed by atoms with E-state index in [1.807, 2.05) is 26.2 Å². The molecule has 21 heavy (non-hydrogen) atoms. The predicted octanol–water partition coefficient (Wildman–Crippen LogP) is 2.89. The van der Waals surface area contributed by atoms with Crippen molar-refractivity contribution in [3.05, 3.63) is 30.5 Å². The number of nitrogens with zero attached hydrogens (tertiary/aromatic N) is 4. The molecule has 0 atom stereocenters. The zero-order chi connectivity index (χ0) is 15.1. The summed E-state index contributed by atoms with van der Waals surface area (Å²) in [6.07, 6.45) is 3.84. The van der Waals surface area contributed by atoms with E-state index in [9.17, 15) is 0 Å². The van der Waals surface area contributed by atoms with Gasteiger partial charge in [-0.2, -0.15) is 10.1 Å². The molecule has 0 aliphatic heterocycles. The molecule has 0 unspecified atom stereocenters. The summed E-state index contributed by atoms with van der Waals surface area (Å²) >= 11 is 0. The minimum absolute atomic E-state index is 0.554. The Kier molecular flexibility index (Phi) is 5.31. The molecule has 0 saturated heterocycles. The van der Waals surface area contributed by atoms with Crippen molar-refractivity contribution in [2.24, 2.45) is 0 Å². The molecule has 6 nitrogen and oxygen atoms in total. The van der Waals surface area contributed by atoms with Crippen molar-refractivity contribution < 1.29 is 0 Å². The summed E-state index contributed by atoms with van der Waals surface area (Å²) in [5, 5.41) is 14.3. The van der Waals surface area contributed by atoms with Crippen molar-refractivity contribution in [3.63, 3.8) is 0 Å². The molecule has 112 valence electrons. The van der Waals surface area contributed by atoms with Crippen molar-refractivity contribution >= 4 is 23.1 Å². The first-order valence-electron chi connectivity index (χ1n) is 7.17. The van der Waals surface area contributed by atoms with Crippen LogP contribution in [0.4, 0.5) is 23.1 Å². The fourth-order valence-electron chi connectivity index (χ4n) is 1.81. The van der Waals surface area contributed by atoms with Gasteiger partial charge in [0.15, 0.2) is 5.82 Å². The van der Waals surface area contributed by atoms with Gasteiger partial charge in [-0.15, -0.1) is 5.10 Å².